The van der Waals surface area contributed by atoms with Crippen molar-refractivity contribution in [2.24, 2.45) is 5.73 Å². The Morgan fingerprint density at radius 1 is 1.22 bits per heavy atom. The van der Waals surface area contributed by atoms with Crippen molar-refractivity contribution in [3.05, 3.63) is 69.8 Å². The number of anilines is 2. The molecule has 1 aromatic heterocycles. The van der Waals surface area contributed by atoms with Gasteiger partial charge in [-0.2, -0.15) is 4.98 Å². The van der Waals surface area contributed by atoms with Gasteiger partial charge in [0.2, 0.25) is 5.95 Å². The first-order valence-electron chi connectivity index (χ1n) is 11.9. The van der Waals surface area contributed by atoms with E-state index in [2.05, 4.69) is 31.5 Å². The number of ketones is 1. The number of carbonyl (C=O) groups is 2. The van der Waals surface area contributed by atoms with Crippen molar-refractivity contribution in [2.75, 3.05) is 44.0 Å². The van der Waals surface area contributed by atoms with E-state index in [0.717, 1.165) is 29.4 Å². The quantitative estimate of drug-likeness (QED) is 0.347. The van der Waals surface area contributed by atoms with Crippen LogP contribution in [0.5, 0.6) is 5.75 Å². The molecule has 0 spiro atoms. The Balaban J connectivity index is 1.65. The van der Waals surface area contributed by atoms with Crippen molar-refractivity contribution in [1.29, 1.82) is 0 Å². The number of hydrogen-bond donors (Lipinski definition) is 3. The van der Waals surface area contributed by atoms with E-state index in [1.165, 1.54) is 0 Å². The fourth-order valence-corrected chi connectivity index (χ4v) is 4.78. The van der Waals surface area contributed by atoms with Gasteiger partial charge < -0.3 is 26.0 Å². The molecule has 1 amide bonds. The normalized spacial score (nSPS) is 15.4. The molecule has 190 valence electrons. The number of hydrogen-bond acceptors (Lipinski definition) is 7. The third kappa shape index (κ3) is 5.71. The fraction of sp³-hybridized carbons (Fsp3) is 0.346. The topological polar surface area (TPSA) is 115 Å². The number of ether oxygens (including phenoxy) is 1. The number of benzene rings is 2. The smallest absolute Gasteiger partial charge is 0.272 e. The summed E-state index contributed by atoms with van der Waals surface area (Å²) in [5.41, 5.74) is 8.09. The molecular weight excluding hydrogens is 524 g/mol. The molecule has 9 nitrogen and oxygen atoms in total. The van der Waals surface area contributed by atoms with E-state index < -0.39 is 0 Å². The van der Waals surface area contributed by atoms with Gasteiger partial charge in [0.05, 0.1) is 20.2 Å². The Bertz CT molecular complexity index is 1240. The predicted octanol–water partition coefficient (Wildman–Crippen LogP) is 3.28. The van der Waals surface area contributed by atoms with Gasteiger partial charge in [-0.3, -0.25) is 14.2 Å². The van der Waals surface area contributed by atoms with Crippen LogP contribution in [0.3, 0.4) is 0 Å². The SMILES string of the molecule is CNc1nc(N2CCCC(N)C2)n(Cc2ccccc2Br)c1C(=O)NCC(=O)c1cccc(OC)c1. The molecule has 1 fully saturated rings. The standard InChI is InChI=1S/C26H31BrN6O3/c1-29-24-23(25(35)30-14-22(34)17-8-5-10-20(13-17)36-2)33(15-18-7-3-4-11-21(18)27)26(31-24)32-12-6-9-19(28)16-32/h3-5,7-8,10-11,13,19,29H,6,9,12,14-16,28H2,1-2H3,(H,30,35). The molecule has 2 aromatic carbocycles. The maximum atomic E-state index is 13.5. The van der Waals surface area contributed by atoms with Crippen LogP contribution in [0.4, 0.5) is 11.8 Å². The molecule has 3 aromatic rings. The second-order valence-corrected chi connectivity index (χ2v) is 9.58. The van der Waals surface area contributed by atoms with Crippen molar-refractivity contribution in [3.8, 4) is 5.75 Å². The van der Waals surface area contributed by atoms with Crippen molar-refractivity contribution in [1.82, 2.24) is 14.9 Å². The second-order valence-electron chi connectivity index (χ2n) is 8.72. The van der Waals surface area contributed by atoms with E-state index in [1.54, 1.807) is 38.4 Å². The summed E-state index contributed by atoms with van der Waals surface area (Å²) < 4.78 is 8.04. The van der Waals surface area contributed by atoms with Gasteiger partial charge in [-0.05, 0) is 36.6 Å². The van der Waals surface area contributed by atoms with E-state index in [0.29, 0.717) is 41.9 Å². The summed E-state index contributed by atoms with van der Waals surface area (Å²) >= 11 is 3.62. The van der Waals surface area contributed by atoms with Gasteiger partial charge in [0.15, 0.2) is 17.3 Å². The van der Waals surface area contributed by atoms with Gasteiger partial charge in [0.25, 0.3) is 5.91 Å². The number of Topliss-reactive ketones (excluding diaryl/α,β-unsaturated/α-hetero) is 1. The number of carbonyl (C=O) groups excluding carboxylic acids is 2. The minimum Gasteiger partial charge on any atom is -0.497 e. The number of rotatable bonds is 9. The van der Waals surface area contributed by atoms with Crippen LogP contribution in [0.25, 0.3) is 0 Å². The molecule has 1 aliphatic heterocycles. The summed E-state index contributed by atoms with van der Waals surface area (Å²) in [6.45, 7) is 1.73. The molecule has 1 unspecified atom stereocenters. The zero-order valence-electron chi connectivity index (χ0n) is 20.5. The van der Waals surface area contributed by atoms with E-state index in [4.69, 9.17) is 15.5 Å². The lowest BCUT2D eigenvalue weighted by Crippen LogP contribution is -2.44. The molecule has 1 aliphatic rings. The number of aromatic nitrogens is 2. The number of nitrogens with zero attached hydrogens (tertiary/aromatic N) is 3. The monoisotopic (exact) mass is 554 g/mol. The number of imidazole rings is 1. The summed E-state index contributed by atoms with van der Waals surface area (Å²) in [5.74, 6) is 1.10. The average Bonchev–Trinajstić information content (AvgIpc) is 3.26. The predicted molar refractivity (Wildman–Crippen MR) is 144 cm³/mol. The van der Waals surface area contributed by atoms with Crippen LogP contribution >= 0.6 is 15.9 Å². The molecule has 10 heteroatoms. The first kappa shape index (κ1) is 25.7. The van der Waals surface area contributed by atoms with Gasteiger partial charge in [-0.25, -0.2) is 0 Å². The van der Waals surface area contributed by atoms with Crippen molar-refractivity contribution < 1.29 is 14.3 Å². The number of nitrogens with two attached hydrogens (primary N) is 1. The minimum absolute atomic E-state index is 0.0446. The Kier molecular flexibility index (Phi) is 8.27. The summed E-state index contributed by atoms with van der Waals surface area (Å²) in [6.07, 6.45) is 1.91. The van der Waals surface area contributed by atoms with Crippen LogP contribution in [0, 0.1) is 0 Å². The molecule has 4 rings (SSSR count). The van der Waals surface area contributed by atoms with Crippen LogP contribution in [0.2, 0.25) is 0 Å². The highest BCUT2D eigenvalue weighted by atomic mass is 79.9. The molecule has 0 saturated carbocycles. The van der Waals surface area contributed by atoms with Gasteiger partial charge in [0, 0.05) is 36.2 Å². The number of halogens is 1. The highest BCUT2D eigenvalue weighted by molar-refractivity contribution is 9.10. The van der Waals surface area contributed by atoms with Crippen molar-refractivity contribution in [2.45, 2.75) is 25.4 Å². The van der Waals surface area contributed by atoms with Crippen molar-refractivity contribution >= 4 is 39.4 Å². The van der Waals surface area contributed by atoms with Crippen LogP contribution in [-0.2, 0) is 6.54 Å². The largest absolute Gasteiger partial charge is 0.497 e. The Hall–Kier alpha value is -3.37. The van der Waals surface area contributed by atoms with Gasteiger partial charge in [0.1, 0.15) is 5.75 Å². The Morgan fingerprint density at radius 3 is 2.75 bits per heavy atom. The first-order chi connectivity index (χ1) is 17.4. The van der Waals surface area contributed by atoms with Gasteiger partial charge in [-0.15, -0.1) is 0 Å². The summed E-state index contributed by atoms with van der Waals surface area (Å²) in [6, 6.07) is 14.8. The highest BCUT2D eigenvalue weighted by Crippen LogP contribution is 2.29. The molecule has 1 saturated heterocycles. The lowest BCUT2D eigenvalue weighted by atomic mass is 10.1. The molecule has 36 heavy (non-hydrogen) atoms. The molecular formula is C26H31BrN6O3. The molecule has 0 radical (unpaired) electrons. The minimum atomic E-state index is -0.386. The molecule has 2 heterocycles. The first-order valence-corrected chi connectivity index (χ1v) is 12.7. The van der Waals surface area contributed by atoms with Crippen molar-refractivity contribution in [3.63, 3.8) is 0 Å². The van der Waals surface area contributed by atoms with E-state index in [9.17, 15) is 9.59 Å². The summed E-state index contributed by atoms with van der Waals surface area (Å²) in [7, 11) is 3.28. The van der Waals surface area contributed by atoms with Crippen LogP contribution in [0.15, 0.2) is 53.0 Å². The van der Waals surface area contributed by atoms with Crippen LogP contribution in [0.1, 0.15) is 39.3 Å². The zero-order valence-corrected chi connectivity index (χ0v) is 22.0. The number of methoxy groups -OCH3 is 1. The maximum Gasteiger partial charge on any atom is 0.272 e. The van der Waals surface area contributed by atoms with Crippen LogP contribution < -0.4 is 26.0 Å². The summed E-state index contributed by atoms with van der Waals surface area (Å²) in [4.78, 5) is 33.2. The molecule has 4 N–H and O–H groups in total. The molecule has 1 atom stereocenters. The van der Waals surface area contributed by atoms with Gasteiger partial charge >= 0.3 is 0 Å². The molecule has 0 aliphatic carbocycles. The Morgan fingerprint density at radius 2 is 2.03 bits per heavy atom. The number of nitrogens with one attached hydrogen (secondary N) is 2. The Labute approximate surface area is 219 Å². The van der Waals surface area contributed by atoms with E-state index >= 15 is 0 Å². The fourth-order valence-electron chi connectivity index (χ4n) is 4.37. The lowest BCUT2D eigenvalue weighted by molar-refractivity contribution is 0.0898. The van der Waals surface area contributed by atoms with Gasteiger partial charge in [-0.1, -0.05) is 46.3 Å². The van der Waals surface area contributed by atoms with E-state index in [1.807, 2.05) is 28.8 Å². The van der Waals surface area contributed by atoms with Crippen LogP contribution in [-0.4, -0.2) is 61.1 Å². The highest BCUT2D eigenvalue weighted by Gasteiger charge is 2.28. The average molecular weight is 555 g/mol. The lowest BCUT2D eigenvalue weighted by Gasteiger charge is -2.32. The second kappa shape index (κ2) is 11.6. The van der Waals surface area contributed by atoms with E-state index in [-0.39, 0.29) is 24.3 Å². The zero-order chi connectivity index (χ0) is 25.7. The maximum absolute atomic E-state index is 13.5. The molecule has 0 bridgehead atoms. The third-order valence-electron chi connectivity index (χ3n) is 6.23. The summed E-state index contributed by atoms with van der Waals surface area (Å²) in [5, 5.41) is 5.85. The number of piperidine rings is 1. The third-order valence-corrected chi connectivity index (χ3v) is 7.00. The number of amides is 1.